The summed E-state index contributed by atoms with van der Waals surface area (Å²) in [5.74, 6) is -2.92. The fourth-order valence-electron chi connectivity index (χ4n) is 2.12. The summed E-state index contributed by atoms with van der Waals surface area (Å²) in [5, 5.41) is 21.6. The SMILES string of the molecule is Cc1ccc(/C=C/C(=O)[O-])cc1S(=O)(=O)Nc1ccccc1C(=O)[O-]. The van der Waals surface area contributed by atoms with Gasteiger partial charge in [-0.2, -0.15) is 0 Å². The first-order chi connectivity index (χ1) is 11.7. The van der Waals surface area contributed by atoms with Gasteiger partial charge in [0.1, 0.15) is 0 Å². The number of carbonyl (C=O) groups is 2. The predicted molar refractivity (Wildman–Crippen MR) is 86.8 cm³/mol. The third-order valence-electron chi connectivity index (χ3n) is 3.30. The highest BCUT2D eigenvalue weighted by molar-refractivity contribution is 7.92. The monoisotopic (exact) mass is 359 g/mol. The smallest absolute Gasteiger partial charge is 0.262 e. The van der Waals surface area contributed by atoms with Crippen LogP contribution in [0.15, 0.2) is 53.4 Å². The van der Waals surface area contributed by atoms with Gasteiger partial charge in [-0.3, -0.25) is 4.72 Å². The van der Waals surface area contributed by atoms with Crippen molar-refractivity contribution in [2.24, 2.45) is 0 Å². The molecule has 2 rings (SSSR count). The number of hydrogen-bond donors (Lipinski definition) is 1. The van der Waals surface area contributed by atoms with Crippen molar-refractivity contribution >= 4 is 33.7 Å². The van der Waals surface area contributed by atoms with Crippen LogP contribution in [0.4, 0.5) is 5.69 Å². The lowest BCUT2D eigenvalue weighted by molar-refractivity contribution is -0.297. The van der Waals surface area contributed by atoms with E-state index in [0.717, 1.165) is 6.08 Å². The second-order valence-electron chi connectivity index (χ2n) is 5.12. The van der Waals surface area contributed by atoms with Gasteiger partial charge in [-0.1, -0.05) is 36.4 Å². The summed E-state index contributed by atoms with van der Waals surface area (Å²) in [6.45, 7) is 1.56. The van der Waals surface area contributed by atoms with Crippen molar-refractivity contribution < 1.29 is 28.2 Å². The number of aromatic carboxylic acids is 1. The van der Waals surface area contributed by atoms with E-state index in [0.29, 0.717) is 11.1 Å². The molecule has 0 radical (unpaired) electrons. The molecule has 2 aromatic rings. The largest absolute Gasteiger partial charge is 0.545 e. The van der Waals surface area contributed by atoms with E-state index in [4.69, 9.17) is 0 Å². The fraction of sp³-hybridized carbons (Fsp3) is 0.0588. The molecule has 0 saturated carbocycles. The molecular formula is C17H13NO6S-2. The maximum absolute atomic E-state index is 12.6. The van der Waals surface area contributed by atoms with Crippen molar-refractivity contribution in [2.75, 3.05) is 4.72 Å². The molecule has 0 heterocycles. The Bertz CT molecular complexity index is 963. The lowest BCUT2D eigenvalue weighted by atomic mass is 10.1. The average molecular weight is 359 g/mol. The number of aliphatic carboxylic acids is 1. The summed E-state index contributed by atoms with van der Waals surface area (Å²) in [7, 11) is -4.10. The van der Waals surface area contributed by atoms with Crippen LogP contribution in [0.1, 0.15) is 21.5 Å². The lowest BCUT2D eigenvalue weighted by Gasteiger charge is -2.14. The molecule has 0 aromatic heterocycles. The van der Waals surface area contributed by atoms with Crippen LogP contribution in [0.5, 0.6) is 0 Å². The number of sulfonamides is 1. The highest BCUT2D eigenvalue weighted by Crippen LogP contribution is 2.23. The van der Waals surface area contributed by atoms with E-state index in [1.54, 1.807) is 13.0 Å². The molecule has 0 unspecified atom stereocenters. The zero-order valence-electron chi connectivity index (χ0n) is 13.1. The lowest BCUT2D eigenvalue weighted by Crippen LogP contribution is -2.25. The molecule has 7 nitrogen and oxygen atoms in total. The number of rotatable bonds is 6. The van der Waals surface area contributed by atoms with E-state index < -0.39 is 22.0 Å². The van der Waals surface area contributed by atoms with Gasteiger partial charge in [-0.25, -0.2) is 8.42 Å². The summed E-state index contributed by atoms with van der Waals surface area (Å²) in [4.78, 5) is 21.5. The van der Waals surface area contributed by atoms with Gasteiger partial charge in [0, 0.05) is 5.56 Å². The van der Waals surface area contributed by atoms with Crippen LogP contribution in [0.2, 0.25) is 0 Å². The molecule has 0 amide bonds. The van der Waals surface area contributed by atoms with E-state index in [1.165, 1.54) is 42.5 Å². The highest BCUT2D eigenvalue weighted by atomic mass is 32.2. The maximum atomic E-state index is 12.6. The van der Waals surface area contributed by atoms with E-state index in [-0.39, 0.29) is 16.1 Å². The topological polar surface area (TPSA) is 126 Å². The third kappa shape index (κ3) is 4.45. The molecule has 130 valence electrons. The second kappa shape index (κ2) is 7.18. The Kier molecular flexibility index (Phi) is 5.23. The first-order valence-electron chi connectivity index (χ1n) is 7.03. The molecule has 0 saturated heterocycles. The number of carbonyl (C=O) groups excluding carboxylic acids is 2. The predicted octanol–water partition coefficient (Wildman–Crippen LogP) is -0.0776. The summed E-state index contributed by atoms with van der Waals surface area (Å²) >= 11 is 0. The van der Waals surface area contributed by atoms with Crippen LogP contribution in [-0.4, -0.2) is 20.4 Å². The Balaban J connectivity index is 2.45. The first kappa shape index (κ1) is 18.2. The number of nitrogens with one attached hydrogen (secondary N) is 1. The quantitative estimate of drug-likeness (QED) is 0.719. The molecule has 8 heteroatoms. The van der Waals surface area contributed by atoms with Crippen molar-refractivity contribution in [3.8, 4) is 0 Å². The number of aryl methyl sites for hydroxylation is 1. The first-order valence-corrected chi connectivity index (χ1v) is 8.52. The Morgan fingerprint density at radius 1 is 1.08 bits per heavy atom. The van der Waals surface area contributed by atoms with Gasteiger partial charge < -0.3 is 19.8 Å². The van der Waals surface area contributed by atoms with Crippen LogP contribution >= 0.6 is 0 Å². The molecule has 0 spiro atoms. The minimum absolute atomic E-state index is 0.110. The Morgan fingerprint density at radius 2 is 1.76 bits per heavy atom. The molecule has 0 atom stereocenters. The highest BCUT2D eigenvalue weighted by Gasteiger charge is 2.19. The van der Waals surface area contributed by atoms with Gasteiger partial charge in [-0.15, -0.1) is 0 Å². The van der Waals surface area contributed by atoms with Gasteiger partial charge in [0.2, 0.25) is 0 Å². The summed E-state index contributed by atoms with van der Waals surface area (Å²) < 4.78 is 27.4. The van der Waals surface area contributed by atoms with Gasteiger partial charge in [0.05, 0.1) is 22.5 Å². The van der Waals surface area contributed by atoms with E-state index in [2.05, 4.69) is 4.72 Å². The molecule has 0 aliphatic rings. The third-order valence-corrected chi connectivity index (χ3v) is 4.81. The number of anilines is 1. The number of para-hydroxylation sites is 1. The normalized spacial score (nSPS) is 11.4. The minimum atomic E-state index is -4.10. The molecule has 0 fully saturated rings. The molecule has 0 bridgehead atoms. The molecule has 0 aliphatic carbocycles. The van der Waals surface area contributed by atoms with Crippen LogP contribution in [-0.2, 0) is 14.8 Å². The van der Waals surface area contributed by atoms with Gasteiger partial charge in [0.25, 0.3) is 10.0 Å². The molecule has 25 heavy (non-hydrogen) atoms. The number of carboxylic acid groups (broad SMARTS) is 2. The van der Waals surface area contributed by atoms with E-state index in [1.807, 2.05) is 0 Å². The standard InChI is InChI=1S/C17H15NO6S/c1-11-6-7-12(8-9-16(19)20)10-15(11)25(23,24)18-14-5-3-2-4-13(14)17(21)22/h2-10,18H,1H3,(H,19,20)(H,21,22)/p-2/b9-8+. The van der Waals surface area contributed by atoms with Crippen molar-refractivity contribution in [3.63, 3.8) is 0 Å². The summed E-state index contributed by atoms with van der Waals surface area (Å²) in [5.41, 5.74) is 0.321. The fourth-order valence-corrected chi connectivity index (χ4v) is 3.48. The van der Waals surface area contributed by atoms with Crippen molar-refractivity contribution in [3.05, 3.63) is 65.2 Å². The summed E-state index contributed by atoms with van der Waals surface area (Å²) in [6.07, 6.45) is 1.98. The van der Waals surface area contributed by atoms with Crippen LogP contribution in [0.3, 0.4) is 0 Å². The number of hydrogen-bond acceptors (Lipinski definition) is 6. The van der Waals surface area contributed by atoms with Crippen molar-refractivity contribution in [1.82, 2.24) is 0 Å². The molecule has 0 aliphatic heterocycles. The number of carboxylic acids is 2. The summed E-state index contributed by atoms with van der Waals surface area (Å²) in [6, 6.07) is 9.78. The van der Waals surface area contributed by atoms with Crippen LogP contribution in [0, 0.1) is 6.92 Å². The van der Waals surface area contributed by atoms with E-state index >= 15 is 0 Å². The van der Waals surface area contributed by atoms with E-state index in [9.17, 15) is 28.2 Å². The Morgan fingerprint density at radius 3 is 2.40 bits per heavy atom. The van der Waals surface area contributed by atoms with Gasteiger partial charge in [-0.05, 0) is 36.3 Å². The van der Waals surface area contributed by atoms with Crippen LogP contribution in [0.25, 0.3) is 6.08 Å². The Labute approximate surface area is 144 Å². The molecule has 1 N–H and O–H groups in total. The van der Waals surface area contributed by atoms with Gasteiger partial charge >= 0.3 is 0 Å². The zero-order valence-corrected chi connectivity index (χ0v) is 13.9. The zero-order chi connectivity index (χ0) is 18.6. The second-order valence-corrected chi connectivity index (χ2v) is 6.77. The number of benzene rings is 2. The maximum Gasteiger partial charge on any atom is 0.262 e. The van der Waals surface area contributed by atoms with Crippen molar-refractivity contribution in [1.29, 1.82) is 0 Å². The Hall–Kier alpha value is -3.13. The van der Waals surface area contributed by atoms with Gasteiger partial charge in [0.15, 0.2) is 0 Å². The van der Waals surface area contributed by atoms with Crippen LogP contribution < -0.4 is 14.9 Å². The molecule has 2 aromatic carbocycles. The minimum Gasteiger partial charge on any atom is -0.545 e. The van der Waals surface area contributed by atoms with Crippen molar-refractivity contribution in [2.45, 2.75) is 11.8 Å². The average Bonchev–Trinajstić information content (AvgIpc) is 2.53. The molecular weight excluding hydrogens is 346 g/mol.